The van der Waals surface area contributed by atoms with Gasteiger partial charge in [-0.25, -0.2) is 9.97 Å². The first kappa shape index (κ1) is 12.6. The first-order valence-corrected chi connectivity index (χ1v) is 5.80. The SMILES string of the molecule is Cn1[nH]c(=O)c(=O)nc1Sc1nc(N)ncc1Cl. The van der Waals surface area contributed by atoms with Crippen LogP contribution in [0, 0.1) is 0 Å². The fraction of sp³-hybridized carbons (Fsp3) is 0.125. The van der Waals surface area contributed by atoms with Crippen molar-refractivity contribution in [1.29, 1.82) is 0 Å². The Hall–Kier alpha value is -1.87. The number of halogens is 1. The van der Waals surface area contributed by atoms with E-state index in [0.29, 0.717) is 5.03 Å². The minimum Gasteiger partial charge on any atom is -0.368 e. The molecule has 94 valence electrons. The standard InChI is InChI=1S/C8H7ClN6O2S/c1-15-8(12-4(16)5(17)14-15)18-6-3(9)2-11-7(10)13-6/h2H,1H3,(H,14,17)(H2,10,11,13). The molecule has 0 amide bonds. The summed E-state index contributed by atoms with van der Waals surface area (Å²) in [6, 6.07) is 0. The van der Waals surface area contributed by atoms with E-state index in [1.807, 2.05) is 0 Å². The second-order valence-electron chi connectivity index (χ2n) is 3.18. The van der Waals surface area contributed by atoms with Gasteiger partial charge in [-0.2, -0.15) is 4.98 Å². The van der Waals surface area contributed by atoms with Gasteiger partial charge in [-0.3, -0.25) is 19.4 Å². The van der Waals surface area contributed by atoms with Gasteiger partial charge in [0.25, 0.3) is 0 Å². The lowest BCUT2D eigenvalue weighted by molar-refractivity contribution is 0.596. The van der Waals surface area contributed by atoms with Crippen LogP contribution in [0.5, 0.6) is 0 Å². The molecule has 0 aromatic carbocycles. The highest BCUT2D eigenvalue weighted by molar-refractivity contribution is 7.99. The van der Waals surface area contributed by atoms with E-state index < -0.39 is 11.1 Å². The molecule has 2 aromatic rings. The number of anilines is 1. The van der Waals surface area contributed by atoms with Crippen molar-refractivity contribution >= 4 is 29.3 Å². The lowest BCUT2D eigenvalue weighted by atomic mass is 10.7. The quantitative estimate of drug-likeness (QED) is 0.571. The predicted octanol–water partition coefficient (Wildman–Crippen LogP) is -0.355. The van der Waals surface area contributed by atoms with Crippen LogP contribution in [0.4, 0.5) is 5.95 Å². The lowest BCUT2D eigenvalue weighted by Gasteiger charge is -2.06. The normalized spacial score (nSPS) is 10.6. The average molecular weight is 287 g/mol. The monoisotopic (exact) mass is 286 g/mol. The Morgan fingerprint density at radius 3 is 2.89 bits per heavy atom. The van der Waals surface area contributed by atoms with Crippen molar-refractivity contribution in [2.24, 2.45) is 7.05 Å². The summed E-state index contributed by atoms with van der Waals surface area (Å²) in [5, 5.41) is 3.16. The van der Waals surface area contributed by atoms with Crippen molar-refractivity contribution in [3.63, 3.8) is 0 Å². The zero-order valence-corrected chi connectivity index (χ0v) is 10.6. The Morgan fingerprint density at radius 1 is 1.44 bits per heavy atom. The molecular formula is C8H7ClN6O2S. The van der Waals surface area contributed by atoms with Gasteiger partial charge in [0.1, 0.15) is 5.03 Å². The molecule has 0 bridgehead atoms. The molecule has 0 aliphatic heterocycles. The average Bonchev–Trinajstić information content (AvgIpc) is 2.30. The Morgan fingerprint density at radius 2 is 2.17 bits per heavy atom. The number of H-pyrrole nitrogens is 1. The Bertz CT molecular complexity index is 711. The third kappa shape index (κ3) is 2.51. The number of nitrogens with one attached hydrogen (secondary N) is 1. The van der Waals surface area contributed by atoms with Gasteiger partial charge < -0.3 is 5.73 Å². The van der Waals surface area contributed by atoms with Crippen molar-refractivity contribution in [1.82, 2.24) is 24.7 Å². The van der Waals surface area contributed by atoms with Crippen LogP contribution in [0.1, 0.15) is 0 Å². The lowest BCUT2D eigenvalue weighted by Crippen LogP contribution is -2.33. The fourth-order valence-corrected chi connectivity index (χ4v) is 2.05. The highest BCUT2D eigenvalue weighted by Crippen LogP contribution is 2.28. The Balaban J connectivity index is 2.46. The van der Waals surface area contributed by atoms with Crippen LogP contribution in [-0.4, -0.2) is 24.7 Å². The van der Waals surface area contributed by atoms with E-state index in [9.17, 15) is 9.59 Å². The minimum atomic E-state index is -0.881. The summed E-state index contributed by atoms with van der Waals surface area (Å²) in [6.45, 7) is 0. The summed E-state index contributed by atoms with van der Waals surface area (Å²) < 4.78 is 1.29. The molecule has 0 atom stereocenters. The van der Waals surface area contributed by atoms with E-state index in [1.165, 1.54) is 17.9 Å². The number of hydrogen-bond donors (Lipinski definition) is 2. The second kappa shape index (κ2) is 4.78. The predicted molar refractivity (Wildman–Crippen MR) is 65.7 cm³/mol. The van der Waals surface area contributed by atoms with Gasteiger partial charge in [-0.15, -0.1) is 0 Å². The zero-order chi connectivity index (χ0) is 13.3. The molecule has 0 fully saturated rings. The number of nitrogen functional groups attached to an aromatic ring is 1. The molecule has 0 radical (unpaired) electrons. The Labute approximate surface area is 109 Å². The molecule has 0 spiro atoms. The van der Waals surface area contributed by atoms with Crippen LogP contribution >= 0.6 is 23.4 Å². The summed E-state index contributed by atoms with van der Waals surface area (Å²) >= 11 is 6.88. The number of aryl methyl sites for hydroxylation is 1. The molecule has 0 aliphatic rings. The van der Waals surface area contributed by atoms with Crippen molar-refractivity contribution < 1.29 is 0 Å². The van der Waals surface area contributed by atoms with Crippen molar-refractivity contribution in [3.8, 4) is 0 Å². The maximum atomic E-state index is 11.2. The fourth-order valence-electron chi connectivity index (χ4n) is 1.07. The van der Waals surface area contributed by atoms with Crippen LogP contribution in [0.15, 0.2) is 26.0 Å². The first-order valence-electron chi connectivity index (χ1n) is 4.60. The van der Waals surface area contributed by atoms with E-state index in [-0.39, 0.29) is 16.1 Å². The molecule has 0 saturated heterocycles. The van der Waals surface area contributed by atoms with Crippen LogP contribution < -0.4 is 16.9 Å². The summed E-state index contributed by atoms with van der Waals surface area (Å²) in [4.78, 5) is 33.4. The smallest absolute Gasteiger partial charge is 0.339 e. The molecule has 0 aliphatic carbocycles. The van der Waals surface area contributed by atoms with Gasteiger partial charge in [0.2, 0.25) is 5.95 Å². The molecule has 8 nitrogen and oxygen atoms in total. The maximum absolute atomic E-state index is 11.2. The van der Waals surface area contributed by atoms with Gasteiger partial charge in [-0.05, 0) is 11.8 Å². The number of rotatable bonds is 2. The van der Waals surface area contributed by atoms with Crippen LogP contribution in [-0.2, 0) is 7.05 Å². The van der Waals surface area contributed by atoms with E-state index in [4.69, 9.17) is 17.3 Å². The topological polar surface area (TPSA) is 120 Å². The van der Waals surface area contributed by atoms with Crippen molar-refractivity contribution in [3.05, 3.63) is 31.9 Å². The van der Waals surface area contributed by atoms with Gasteiger partial charge in [0.05, 0.1) is 11.2 Å². The van der Waals surface area contributed by atoms with E-state index >= 15 is 0 Å². The van der Waals surface area contributed by atoms with E-state index in [0.717, 1.165) is 11.8 Å². The van der Waals surface area contributed by atoms with Gasteiger partial charge in [0.15, 0.2) is 5.16 Å². The largest absolute Gasteiger partial charge is 0.368 e. The summed E-state index contributed by atoms with van der Waals surface area (Å²) in [5.74, 6) is 0.0522. The van der Waals surface area contributed by atoms with Crippen LogP contribution in [0.3, 0.4) is 0 Å². The number of hydrogen-bond acceptors (Lipinski definition) is 7. The summed E-state index contributed by atoms with van der Waals surface area (Å²) in [7, 11) is 1.54. The second-order valence-corrected chi connectivity index (χ2v) is 4.55. The summed E-state index contributed by atoms with van der Waals surface area (Å²) in [6.07, 6.45) is 1.34. The van der Waals surface area contributed by atoms with Crippen molar-refractivity contribution in [2.75, 3.05) is 5.73 Å². The molecule has 0 unspecified atom stereocenters. The van der Waals surface area contributed by atoms with Crippen LogP contribution in [0.2, 0.25) is 5.02 Å². The zero-order valence-electron chi connectivity index (χ0n) is 9.05. The Kier molecular flexibility index (Phi) is 3.34. The van der Waals surface area contributed by atoms with Crippen LogP contribution in [0.25, 0.3) is 0 Å². The minimum absolute atomic E-state index is 0.0522. The highest BCUT2D eigenvalue weighted by Gasteiger charge is 2.11. The number of aromatic nitrogens is 5. The first-order chi connectivity index (χ1) is 8.47. The van der Waals surface area contributed by atoms with Crippen molar-refractivity contribution in [2.45, 2.75) is 10.2 Å². The molecule has 2 aromatic heterocycles. The molecular weight excluding hydrogens is 280 g/mol. The summed E-state index contributed by atoms with van der Waals surface area (Å²) in [5.41, 5.74) is 3.76. The molecule has 10 heteroatoms. The highest BCUT2D eigenvalue weighted by atomic mass is 35.5. The van der Waals surface area contributed by atoms with Gasteiger partial charge >= 0.3 is 11.1 Å². The molecule has 0 saturated carbocycles. The third-order valence-corrected chi connectivity index (χ3v) is 3.31. The maximum Gasteiger partial charge on any atom is 0.339 e. The molecule has 2 heterocycles. The van der Waals surface area contributed by atoms with Gasteiger partial charge in [0, 0.05) is 7.05 Å². The van der Waals surface area contributed by atoms with Gasteiger partial charge in [-0.1, -0.05) is 11.6 Å². The third-order valence-electron chi connectivity index (χ3n) is 1.87. The number of nitrogens with two attached hydrogens (primary N) is 1. The molecule has 3 N–H and O–H groups in total. The number of aromatic amines is 1. The van der Waals surface area contributed by atoms with E-state index in [1.54, 1.807) is 0 Å². The van der Waals surface area contributed by atoms with E-state index in [2.05, 4.69) is 20.1 Å². The number of nitrogens with zero attached hydrogens (tertiary/aromatic N) is 4. The molecule has 18 heavy (non-hydrogen) atoms. The molecule has 2 rings (SSSR count).